The minimum absolute atomic E-state index is 0.124. The first-order valence-corrected chi connectivity index (χ1v) is 10.1. The molecule has 1 heterocycles. The molecule has 2 aromatic carbocycles. The molecule has 0 N–H and O–H groups in total. The van der Waals surface area contributed by atoms with Crippen molar-refractivity contribution in [3.05, 3.63) is 69.7 Å². The molecule has 0 bridgehead atoms. The van der Waals surface area contributed by atoms with Crippen molar-refractivity contribution in [1.82, 2.24) is 0 Å². The van der Waals surface area contributed by atoms with E-state index in [1.165, 1.54) is 0 Å². The van der Waals surface area contributed by atoms with Gasteiger partial charge in [0.2, 0.25) is 0 Å². The molecule has 1 aliphatic heterocycles. The summed E-state index contributed by atoms with van der Waals surface area (Å²) in [7, 11) is 0. The number of ether oxygens (including phenoxy) is 2. The van der Waals surface area contributed by atoms with Gasteiger partial charge in [-0.3, -0.25) is 4.99 Å². The van der Waals surface area contributed by atoms with Crippen LogP contribution >= 0.6 is 23.2 Å². The van der Waals surface area contributed by atoms with Gasteiger partial charge < -0.3 is 9.47 Å². The highest BCUT2D eigenvalue weighted by atomic mass is 35.5. The van der Waals surface area contributed by atoms with E-state index in [0.29, 0.717) is 22.2 Å². The van der Waals surface area contributed by atoms with Gasteiger partial charge in [-0.15, -0.1) is 0 Å². The second-order valence-corrected chi connectivity index (χ2v) is 7.45. The molecule has 2 aromatic rings. The molecule has 29 heavy (non-hydrogen) atoms. The Morgan fingerprint density at radius 3 is 1.90 bits per heavy atom. The van der Waals surface area contributed by atoms with Crippen molar-refractivity contribution in [2.45, 2.75) is 31.7 Å². The first kappa shape index (κ1) is 21.3. The van der Waals surface area contributed by atoms with Crippen molar-refractivity contribution >= 4 is 40.9 Å². The second-order valence-electron chi connectivity index (χ2n) is 6.58. The van der Waals surface area contributed by atoms with Gasteiger partial charge in [-0.25, -0.2) is 9.59 Å². The molecule has 0 saturated heterocycles. The van der Waals surface area contributed by atoms with Crippen molar-refractivity contribution in [2.24, 2.45) is 4.99 Å². The van der Waals surface area contributed by atoms with E-state index in [1.54, 1.807) is 50.2 Å². The van der Waals surface area contributed by atoms with Gasteiger partial charge in [0, 0.05) is 28.1 Å². The smallest absolute Gasteiger partial charge is 0.346 e. The summed E-state index contributed by atoms with van der Waals surface area (Å²) in [5.74, 6) is -2.02. The molecule has 0 spiro atoms. The number of esters is 2. The standard InChI is InChI=1S/C22H21Cl2NO4/c1-3-28-20(26)22(21(27)29-4-2)18(14-5-9-16(23)10-6-14)13-19(25-22)15-7-11-17(24)12-8-15/h5-12,18H,3-4,13H2,1-2H3. The van der Waals surface area contributed by atoms with E-state index < -0.39 is 23.4 Å². The van der Waals surface area contributed by atoms with Crippen LogP contribution in [0.25, 0.3) is 0 Å². The molecular formula is C22H21Cl2NO4. The molecule has 0 amide bonds. The number of rotatable bonds is 6. The normalized spacial score (nSPS) is 17.5. The Kier molecular flexibility index (Phi) is 6.60. The minimum Gasteiger partial charge on any atom is -0.464 e. The van der Waals surface area contributed by atoms with Gasteiger partial charge in [0.05, 0.1) is 13.2 Å². The van der Waals surface area contributed by atoms with Gasteiger partial charge in [-0.1, -0.05) is 47.5 Å². The van der Waals surface area contributed by atoms with E-state index in [-0.39, 0.29) is 13.2 Å². The number of nitrogens with zero attached hydrogens (tertiary/aromatic N) is 1. The number of carbonyl (C=O) groups excluding carboxylic acids is 2. The monoisotopic (exact) mass is 433 g/mol. The largest absolute Gasteiger partial charge is 0.464 e. The Morgan fingerprint density at radius 2 is 1.41 bits per heavy atom. The lowest BCUT2D eigenvalue weighted by atomic mass is 9.79. The molecule has 0 aromatic heterocycles. The fourth-order valence-electron chi connectivity index (χ4n) is 3.50. The molecule has 5 nitrogen and oxygen atoms in total. The first-order chi connectivity index (χ1) is 13.9. The van der Waals surface area contributed by atoms with Crippen LogP contribution < -0.4 is 0 Å². The quantitative estimate of drug-likeness (QED) is 0.482. The van der Waals surface area contributed by atoms with E-state index in [9.17, 15) is 9.59 Å². The average molecular weight is 434 g/mol. The van der Waals surface area contributed by atoms with Crippen LogP contribution in [-0.4, -0.2) is 36.4 Å². The van der Waals surface area contributed by atoms with Crippen molar-refractivity contribution < 1.29 is 19.1 Å². The molecule has 7 heteroatoms. The third-order valence-electron chi connectivity index (χ3n) is 4.84. The molecule has 3 rings (SSSR count). The predicted octanol–water partition coefficient (Wildman–Crippen LogP) is 4.84. The molecule has 1 aliphatic rings. The first-order valence-electron chi connectivity index (χ1n) is 9.37. The van der Waals surface area contributed by atoms with Gasteiger partial charge in [0.25, 0.3) is 5.54 Å². The Morgan fingerprint density at radius 1 is 0.931 bits per heavy atom. The molecule has 0 radical (unpaired) electrons. The second kappa shape index (κ2) is 8.97. The topological polar surface area (TPSA) is 65.0 Å². The summed E-state index contributed by atoms with van der Waals surface area (Å²) in [6.45, 7) is 3.62. The maximum atomic E-state index is 13.1. The van der Waals surface area contributed by atoms with Crippen molar-refractivity contribution in [2.75, 3.05) is 13.2 Å². The fourth-order valence-corrected chi connectivity index (χ4v) is 3.75. The lowest BCUT2D eigenvalue weighted by Gasteiger charge is -2.28. The number of carbonyl (C=O) groups is 2. The van der Waals surface area contributed by atoms with Crippen molar-refractivity contribution in [1.29, 1.82) is 0 Å². The zero-order valence-corrected chi connectivity index (χ0v) is 17.7. The highest BCUT2D eigenvalue weighted by Gasteiger charge is 2.59. The van der Waals surface area contributed by atoms with Crippen LogP contribution in [0.1, 0.15) is 37.3 Å². The zero-order chi connectivity index (χ0) is 21.0. The molecule has 0 aliphatic carbocycles. The van der Waals surface area contributed by atoms with Gasteiger partial charge in [0.1, 0.15) is 0 Å². The molecule has 152 valence electrons. The molecule has 1 atom stereocenters. The summed E-state index contributed by atoms with van der Waals surface area (Å²) in [5, 5.41) is 1.15. The maximum Gasteiger partial charge on any atom is 0.346 e. The van der Waals surface area contributed by atoms with Crippen LogP contribution in [0.2, 0.25) is 10.0 Å². The average Bonchev–Trinajstić information content (AvgIpc) is 3.11. The van der Waals surface area contributed by atoms with Gasteiger partial charge in [-0.05, 0) is 49.2 Å². The van der Waals surface area contributed by atoms with Crippen LogP contribution in [0.15, 0.2) is 53.5 Å². The Labute approximate surface area is 179 Å². The number of hydrogen-bond donors (Lipinski definition) is 0. The van der Waals surface area contributed by atoms with Crippen molar-refractivity contribution in [3.63, 3.8) is 0 Å². The van der Waals surface area contributed by atoms with Crippen LogP contribution in [0.3, 0.4) is 0 Å². The van der Waals surface area contributed by atoms with E-state index >= 15 is 0 Å². The number of aliphatic imine (C=N–C) groups is 1. The van der Waals surface area contributed by atoms with Crippen LogP contribution in [-0.2, 0) is 19.1 Å². The molecule has 1 unspecified atom stereocenters. The third kappa shape index (κ3) is 4.16. The lowest BCUT2D eigenvalue weighted by Crippen LogP contribution is -2.50. The summed E-state index contributed by atoms with van der Waals surface area (Å²) in [6, 6.07) is 14.1. The molecule has 0 saturated carbocycles. The van der Waals surface area contributed by atoms with E-state index in [4.69, 9.17) is 32.7 Å². The molecule has 0 fully saturated rings. The minimum atomic E-state index is -1.81. The highest BCUT2D eigenvalue weighted by Crippen LogP contribution is 2.44. The number of halogens is 2. The summed E-state index contributed by atoms with van der Waals surface area (Å²) < 4.78 is 10.6. The predicted molar refractivity (Wildman–Crippen MR) is 113 cm³/mol. The van der Waals surface area contributed by atoms with Crippen molar-refractivity contribution in [3.8, 4) is 0 Å². The van der Waals surface area contributed by atoms with Crippen LogP contribution in [0.4, 0.5) is 0 Å². The Balaban J connectivity index is 2.16. The van der Waals surface area contributed by atoms with Crippen LogP contribution in [0, 0.1) is 0 Å². The van der Waals surface area contributed by atoms with E-state index in [0.717, 1.165) is 11.1 Å². The Bertz CT molecular complexity index is 905. The van der Waals surface area contributed by atoms with Gasteiger partial charge in [0.15, 0.2) is 0 Å². The Hall–Kier alpha value is -2.37. The third-order valence-corrected chi connectivity index (χ3v) is 5.34. The summed E-state index contributed by atoms with van der Waals surface area (Å²) in [5.41, 5.74) is 0.337. The van der Waals surface area contributed by atoms with Crippen LogP contribution in [0.5, 0.6) is 0 Å². The van der Waals surface area contributed by atoms with E-state index in [2.05, 4.69) is 4.99 Å². The fraction of sp³-hybridized carbons (Fsp3) is 0.318. The maximum absolute atomic E-state index is 13.1. The highest BCUT2D eigenvalue weighted by molar-refractivity contribution is 6.31. The number of hydrogen-bond acceptors (Lipinski definition) is 5. The zero-order valence-electron chi connectivity index (χ0n) is 16.2. The number of benzene rings is 2. The van der Waals surface area contributed by atoms with E-state index in [1.807, 2.05) is 12.1 Å². The molecular weight excluding hydrogens is 413 g/mol. The summed E-state index contributed by atoms with van der Waals surface area (Å²) >= 11 is 12.0. The summed E-state index contributed by atoms with van der Waals surface area (Å²) in [4.78, 5) is 30.8. The summed E-state index contributed by atoms with van der Waals surface area (Å²) in [6.07, 6.45) is 0.362. The SMILES string of the molecule is CCOC(=O)C1(C(=O)OCC)N=C(c2ccc(Cl)cc2)CC1c1ccc(Cl)cc1. The van der Waals surface area contributed by atoms with Gasteiger partial charge >= 0.3 is 11.9 Å². The van der Waals surface area contributed by atoms with Gasteiger partial charge in [-0.2, -0.15) is 0 Å². The lowest BCUT2D eigenvalue weighted by molar-refractivity contribution is -0.164.